The number of aryl methyl sites for hydroxylation is 2. The van der Waals surface area contributed by atoms with E-state index in [4.69, 9.17) is 47.4 Å². The highest BCUT2D eigenvalue weighted by molar-refractivity contribution is 5.96. The van der Waals surface area contributed by atoms with Crippen molar-refractivity contribution < 1.29 is 76.1 Å². The Hall–Kier alpha value is -7.30. The van der Waals surface area contributed by atoms with Gasteiger partial charge in [-0.1, -0.05) is 13.2 Å². The van der Waals surface area contributed by atoms with Crippen molar-refractivity contribution in [1.82, 2.24) is 0 Å². The van der Waals surface area contributed by atoms with Crippen LogP contribution < -0.4 is 28.4 Å². The highest BCUT2D eigenvalue weighted by atomic mass is 16.7. The monoisotopic (exact) mass is 850 g/mol. The Morgan fingerprint density at radius 1 is 0.548 bits per heavy atom. The molecule has 0 spiro atoms. The maximum Gasteiger partial charge on any atom is 0.343 e. The predicted molar refractivity (Wildman–Crippen MR) is 217 cm³/mol. The van der Waals surface area contributed by atoms with Gasteiger partial charge in [0.15, 0.2) is 23.7 Å². The Morgan fingerprint density at radius 2 is 1.08 bits per heavy atom. The Balaban J connectivity index is 1.04. The van der Waals surface area contributed by atoms with Gasteiger partial charge in [-0.3, -0.25) is 0 Å². The maximum atomic E-state index is 13.6. The van der Waals surface area contributed by atoms with E-state index in [1.54, 1.807) is 27.7 Å². The molecule has 2 heterocycles. The Morgan fingerprint density at radius 3 is 1.66 bits per heavy atom. The number of hydrogen-bond acceptors (Lipinski definition) is 16. The van der Waals surface area contributed by atoms with Crippen LogP contribution in [0.25, 0.3) is 0 Å². The first-order valence-corrected chi connectivity index (χ1v) is 19.3. The molecule has 16 heteroatoms. The summed E-state index contributed by atoms with van der Waals surface area (Å²) in [6, 6.07) is 17.3. The second kappa shape index (κ2) is 19.8. The minimum Gasteiger partial charge on any atom is -0.493 e. The molecule has 2 aliphatic rings. The zero-order valence-corrected chi connectivity index (χ0v) is 34.2. The number of benzene rings is 4. The van der Waals surface area contributed by atoms with Crippen LogP contribution in [-0.2, 0) is 28.5 Å². The second-order valence-electron chi connectivity index (χ2n) is 13.7. The lowest BCUT2D eigenvalue weighted by molar-refractivity contribution is -0.129. The van der Waals surface area contributed by atoms with Crippen LogP contribution in [0.2, 0.25) is 0 Å². The summed E-state index contributed by atoms with van der Waals surface area (Å²) < 4.78 is 56.0. The highest BCUT2D eigenvalue weighted by Crippen LogP contribution is 2.35. The molecule has 16 nitrogen and oxygen atoms in total. The third-order valence-corrected chi connectivity index (χ3v) is 9.44. The van der Waals surface area contributed by atoms with E-state index < -0.39 is 60.2 Å². The molecule has 6 rings (SSSR count). The van der Waals surface area contributed by atoms with Crippen LogP contribution in [0.3, 0.4) is 0 Å². The van der Waals surface area contributed by atoms with Crippen molar-refractivity contribution in [2.24, 2.45) is 0 Å². The number of carbonyl (C=O) groups excluding carboxylic acids is 6. The number of carbonyl (C=O) groups is 6. The molecule has 0 radical (unpaired) electrons. The number of hydrogen-bond donors (Lipinski definition) is 0. The van der Waals surface area contributed by atoms with Gasteiger partial charge in [0, 0.05) is 18.2 Å². The first-order valence-electron chi connectivity index (χ1n) is 19.3. The summed E-state index contributed by atoms with van der Waals surface area (Å²) in [5.74, 6) is -3.25. The van der Waals surface area contributed by atoms with Crippen molar-refractivity contribution in [3.05, 3.63) is 131 Å². The molecule has 4 aromatic rings. The quantitative estimate of drug-likeness (QED) is 0.0695. The van der Waals surface area contributed by atoms with E-state index in [-0.39, 0.29) is 83.2 Å². The summed E-state index contributed by atoms with van der Waals surface area (Å²) in [6.45, 7) is 13.9. The average molecular weight is 851 g/mol. The lowest BCUT2D eigenvalue weighted by atomic mass is 10.1. The van der Waals surface area contributed by atoms with Gasteiger partial charge in [-0.2, -0.15) is 0 Å². The van der Waals surface area contributed by atoms with E-state index >= 15 is 0 Å². The van der Waals surface area contributed by atoms with E-state index in [0.29, 0.717) is 11.1 Å². The van der Waals surface area contributed by atoms with Crippen LogP contribution in [0, 0.1) is 13.8 Å². The van der Waals surface area contributed by atoms with E-state index in [1.807, 2.05) is 0 Å². The first kappa shape index (κ1) is 44.3. The lowest BCUT2D eigenvalue weighted by Crippen LogP contribution is -2.36. The fourth-order valence-electron chi connectivity index (χ4n) is 6.43. The minimum absolute atomic E-state index is 0.0223. The first-order chi connectivity index (χ1) is 29.8. The molecule has 4 aromatic carbocycles. The third-order valence-electron chi connectivity index (χ3n) is 9.44. The molecule has 0 saturated carbocycles. The van der Waals surface area contributed by atoms with E-state index in [9.17, 15) is 28.8 Å². The Labute approximate surface area is 355 Å². The third kappa shape index (κ3) is 10.3. The summed E-state index contributed by atoms with van der Waals surface area (Å²) >= 11 is 0. The van der Waals surface area contributed by atoms with Gasteiger partial charge >= 0.3 is 35.8 Å². The smallest absolute Gasteiger partial charge is 0.343 e. The van der Waals surface area contributed by atoms with E-state index in [1.165, 1.54) is 72.8 Å². The molecule has 2 aliphatic heterocycles. The number of ether oxygens (including phenoxy) is 10. The van der Waals surface area contributed by atoms with Crippen LogP contribution in [0.5, 0.6) is 34.5 Å². The van der Waals surface area contributed by atoms with Crippen LogP contribution in [0.1, 0.15) is 66.4 Å². The molecule has 62 heavy (non-hydrogen) atoms. The largest absolute Gasteiger partial charge is 0.493 e. The average Bonchev–Trinajstić information content (AvgIpc) is 3.85. The number of rotatable bonds is 16. The molecular weight excluding hydrogens is 808 g/mol. The summed E-state index contributed by atoms with van der Waals surface area (Å²) in [4.78, 5) is 76.0. The maximum absolute atomic E-state index is 13.6. The Kier molecular flexibility index (Phi) is 14.2. The zero-order valence-electron chi connectivity index (χ0n) is 34.2. The standard InChI is InChI=1S/C46H42O16/c1-7-39(47)57-29-15-11-27(12-16-29)43(49)60-33-22-34(53-9-3)32(19-26(33)6)46(52)62-38-24-56-41-37(23-55-42(38)41)61-44(50)28-13-17-30(18-14-28)58-45(51)31-21-35(54-10-4)36(20-25(31)5)59-40(48)8-2/h7-8,11-22,37-38,41-42H,1-2,9-10,23-24H2,3-6H3/t37-,38+,41-,42-/m1/s1. The molecule has 0 aromatic heterocycles. The van der Waals surface area contributed by atoms with Gasteiger partial charge in [0.2, 0.25) is 0 Å². The van der Waals surface area contributed by atoms with Gasteiger partial charge in [0.05, 0.1) is 43.1 Å². The van der Waals surface area contributed by atoms with Gasteiger partial charge in [-0.25, -0.2) is 28.8 Å². The second-order valence-corrected chi connectivity index (χ2v) is 13.7. The van der Waals surface area contributed by atoms with Crippen molar-refractivity contribution in [3.63, 3.8) is 0 Å². The predicted octanol–water partition coefficient (Wildman–Crippen LogP) is 6.27. The van der Waals surface area contributed by atoms with Gasteiger partial charge in [-0.05, 0) is 106 Å². The Bertz CT molecular complexity index is 2380. The summed E-state index contributed by atoms with van der Waals surface area (Å²) in [5.41, 5.74) is 1.49. The summed E-state index contributed by atoms with van der Waals surface area (Å²) in [5, 5.41) is 0. The van der Waals surface area contributed by atoms with Crippen LogP contribution in [0.15, 0.2) is 98.1 Å². The van der Waals surface area contributed by atoms with E-state index in [2.05, 4.69) is 13.2 Å². The van der Waals surface area contributed by atoms with Crippen molar-refractivity contribution >= 4 is 35.8 Å². The van der Waals surface area contributed by atoms with Crippen LogP contribution >= 0.6 is 0 Å². The normalized spacial score (nSPS) is 17.4. The van der Waals surface area contributed by atoms with Gasteiger partial charge in [0.25, 0.3) is 0 Å². The molecule has 0 unspecified atom stereocenters. The molecule has 0 aliphatic carbocycles. The van der Waals surface area contributed by atoms with Crippen LogP contribution in [-0.4, -0.2) is 86.7 Å². The molecule has 322 valence electrons. The van der Waals surface area contributed by atoms with Gasteiger partial charge in [0.1, 0.15) is 40.8 Å². The van der Waals surface area contributed by atoms with Gasteiger partial charge in [-0.15, -0.1) is 0 Å². The topological polar surface area (TPSA) is 195 Å². The molecule has 2 saturated heterocycles. The fraction of sp³-hybridized carbons (Fsp3) is 0.261. The van der Waals surface area contributed by atoms with E-state index in [0.717, 1.165) is 12.2 Å². The number of fused-ring (bicyclic) bond motifs is 1. The molecule has 0 N–H and O–H groups in total. The lowest BCUT2D eigenvalue weighted by Gasteiger charge is -2.19. The van der Waals surface area contributed by atoms with Crippen molar-refractivity contribution in [1.29, 1.82) is 0 Å². The van der Waals surface area contributed by atoms with Crippen LogP contribution in [0.4, 0.5) is 0 Å². The SMILES string of the molecule is C=CC(=O)Oc1ccc(C(=O)Oc2cc(OCC)c(C(=O)O[C@H]3CO[C@H]4[C@@H]3OC[C@H]4OC(=O)c3ccc(OC(=O)c4cc(OCC)c(OC(=O)C=C)cc4C)cc3)cc2C)cc1. The summed E-state index contributed by atoms with van der Waals surface area (Å²) in [7, 11) is 0. The van der Waals surface area contributed by atoms with Gasteiger partial charge < -0.3 is 47.4 Å². The molecule has 4 atom stereocenters. The van der Waals surface area contributed by atoms with Crippen molar-refractivity contribution in [3.8, 4) is 34.5 Å². The molecular formula is C46H42O16. The zero-order chi connectivity index (χ0) is 44.5. The van der Waals surface area contributed by atoms with Crippen molar-refractivity contribution in [2.45, 2.75) is 52.1 Å². The highest BCUT2D eigenvalue weighted by Gasteiger charge is 2.51. The fourth-order valence-corrected chi connectivity index (χ4v) is 6.43. The summed E-state index contributed by atoms with van der Waals surface area (Å²) in [6.07, 6.45) is -1.11. The molecule has 2 fully saturated rings. The molecule has 0 amide bonds. The minimum atomic E-state index is -0.849. The van der Waals surface area contributed by atoms with Crippen molar-refractivity contribution in [2.75, 3.05) is 26.4 Å². The molecule has 0 bridgehead atoms. The number of esters is 6.